The van der Waals surface area contributed by atoms with Gasteiger partial charge in [0, 0.05) is 20.8 Å². The van der Waals surface area contributed by atoms with Crippen LogP contribution in [-0.4, -0.2) is 74.3 Å². The number of halogens is 3. The second-order valence-corrected chi connectivity index (χ2v) is 7.04. The molecule has 1 N–H and O–H groups in total. The lowest BCUT2D eigenvalue weighted by molar-refractivity contribution is -0.288. The summed E-state index contributed by atoms with van der Waals surface area (Å²) in [5.74, 6) is -2.96. The average Bonchev–Trinajstić information content (AvgIpc) is 2.49. The summed E-state index contributed by atoms with van der Waals surface area (Å²) in [6, 6.07) is 0. The van der Waals surface area contributed by atoms with Crippen LogP contribution in [-0.2, 0) is 47.6 Å². The van der Waals surface area contributed by atoms with Gasteiger partial charge >= 0.3 is 33.5 Å². The zero-order chi connectivity index (χ0) is 21.9. The predicted molar refractivity (Wildman–Crippen MR) is 78.5 cm³/mol. The van der Waals surface area contributed by atoms with Gasteiger partial charge in [0.15, 0.2) is 24.6 Å². The molecule has 162 valence electrons. The minimum atomic E-state index is -6.25. The van der Waals surface area contributed by atoms with Gasteiger partial charge in [0.2, 0.25) is 0 Å². The van der Waals surface area contributed by atoms with Crippen molar-refractivity contribution < 1.29 is 64.2 Å². The molecule has 0 saturated carbocycles. The van der Waals surface area contributed by atoms with Gasteiger partial charge in [-0.2, -0.15) is 21.6 Å². The first-order valence-electron chi connectivity index (χ1n) is 7.46. The zero-order valence-corrected chi connectivity index (χ0v) is 15.5. The highest BCUT2D eigenvalue weighted by Crippen LogP contribution is 2.33. The molecule has 0 aliphatic carbocycles. The molecule has 28 heavy (non-hydrogen) atoms. The second kappa shape index (κ2) is 9.02. The summed E-state index contributed by atoms with van der Waals surface area (Å²) in [5, 5.41) is 9.92. The molecule has 1 aliphatic rings. The molecule has 0 spiro atoms. The third-order valence-corrected chi connectivity index (χ3v) is 4.23. The number of aliphatic hydroxyl groups excluding tert-OH is 1. The summed E-state index contributed by atoms with van der Waals surface area (Å²) in [7, 11) is -6.25. The second-order valence-electron chi connectivity index (χ2n) is 5.48. The molecule has 11 nitrogen and oxygen atoms in total. The Bertz CT molecular complexity index is 705. The largest absolute Gasteiger partial charge is 0.523 e. The van der Waals surface area contributed by atoms with E-state index in [9.17, 15) is 41.1 Å². The van der Waals surface area contributed by atoms with Crippen molar-refractivity contribution >= 4 is 28.0 Å². The smallest absolute Gasteiger partial charge is 0.463 e. The highest BCUT2D eigenvalue weighted by Gasteiger charge is 2.56. The first-order valence-corrected chi connectivity index (χ1v) is 8.87. The molecule has 0 amide bonds. The molecule has 1 fully saturated rings. The maximum Gasteiger partial charge on any atom is 0.523 e. The van der Waals surface area contributed by atoms with Gasteiger partial charge in [0.05, 0.1) is 0 Å². The van der Waals surface area contributed by atoms with Crippen LogP contribution in [0.1, 0.15) is 20.8 Å². The fourth-order valence-electron chi connectivity index (χ4n) is 2.19. The van der Waals surface area contributed by atoms with Gasteiger partial charge in [-0.3, -0.25) is 18.6 Å². The Kier molecular flexibility index (Phi) is 7.75. The number of esters is 3. The van der Waals surface area contributed by atoms with Crippen molar-refractivity contribution in [1.29, 1.82) is 0 Å². The van der Waals surface area contributed by atoms with E-state index in [1.807, 2.05) is 0 Å². The number of hydrogen-bond donors (Lipinski definition) is 1. The summed E-state index contributed by atoms with van der Waals surface area (Å²) in [5.41, 5.74) is -5.86. The van der Waals surface area contributed by atoms with Gasteiger partial charge in [0.25, 0.3) is 0 Å². The molecule has 5 atom stereocenters. The maximum atomic E-state index is 12.6. The number of rotatable bonds is 6. The molecular formula is C13H17F3O11S. The van der Waals surface area contributed by atoms with Crippen molar-refractivity contribution in [2.45, 2.75) is 57.0 Å². The molecule has 1 aliphatic heterocycles. The Morgan fingerprint density at radius 1 is 0.964 bits per heavy atom. The molecule has 1 heterocycles. The van der Waals surface area contributed by atoms with E-state index < -0.39 is 70.8 Å². The summed E-state index contributed by atoms with van der Waals surface area (Å²) in [4.78, 5) is 33.6. The van der Waals surface area contributed by atoms with Crippen LogP contribution in [0.15, 0.2) is 0 Å². The van der Waals surface area contributed by atoms with Crippen LogP contribution in [0.5, 0.6) is 0 Å². The van der Waals surface area contributed by atoms with Gasteiger partial charge in [0.1, 0.15) is 12.7 Å². The lowest BCUT2D eigenvalue weighted by Crippen LogP contribution is -2.62. The van der Waals surface area contributed by atoms with E-state index in [0.717, 1.165) is 20.8 Å². The first-order chi connectivity index (χ1) is 12.7. The molecule has 5 unspecified atom stereocenters. The molecule has 1 rings (SSSR count). The molecular weight excluding hydrogens is 421 g/mol. The van der Waals surface area contributed by atoms with Crippen LogP contribution in [0.2, 0.25) is 0 Å². The van der Waals surface area contributed by atoms with Crippen LogP contribution in [0.3, 0.4) is 0 Å². The van der Waals surface area contributed by atoms with Crippen molar-refractivity contribution in [1.82, 2.24) is 0 Å². The van der Waals surface area contributed by atoms with Gasteiger partial charge < -0.3 is 24.1 Å². The van der Waals surface area contributed by atoms with Crippen molar-refractivity contribution in [3.63, 3.8) is 0 Å². The monoisotopic (exact) mass is 438 g/mol. The van der Waals surface area contributed by atoms with Crippen molar-refractivity contribution in [3.8, 4) is 0 Å². The van der Waals surface area contributed by atoms with Gasteiger partial charge in [-0.05, 0) is 0 Å². The third-order valence-electron chi connectivity index (χ3n) is 3.19. The minimum Gasteiger partial charge on any atom is -0.463 e. The van der Waals surface area contributed by atoms with Crippen LogP contribution in [0.25, 0.3) is 0 Å². The Morgan fingerprint density at radius 3 is 1.89 bits per heavy atom. The molecule has 0 bridgehead atoms. The van der Waals surface area contributed by atoms with E-state index in [-0.39, 0.29) is 0 Å². The molecule has 0 aromatic heterocycles. The van der Waals surface area contributed by atoms with Crippen molar-refractivity contribution in [2.75, 3.05) is 6.61 Å². The van der Waals surface area contributed by atoms with Crippen molar-refractivity contribution in [2.24, 2.45) is 0 Å². The number of carbonyl (C=O) groups excluding carboxylic acids is 3. The molecule has 0 aromatic carbocycles. The number of aliphatic hydroxyl groups is 1. The number of alkyl halides is 3. The van der Waals surface area contributed by atoms with E-state index >= 15 is 0 Å². The molecule has 1 saturated heterocycles. The Labute approximate surface area is 156 Å². The van der Waals surface area contributed by atoms with E-state index in [4.69, 9.17) is 14.2 Å². The SMILES string of the molecule is CC(=O)OCC1OC(O)C(OS(=O)(=O)C(F)(F)F)C(OC(C)=O)C1OC(C)=O. The van der Waals surface area contributed by atoms with E-state index in [1.54, 1.807) is 0 Å². The van der Waals surface area contributed by atoms with E-state index in [0.29, 0.717) is 0 Å². The highest BCUT2D eigenvalue weighted by atomic mass is 32.2. The Balaban J connectivity index is 3.29. The van der Waals surface area contributed by atoms with Crippen molar-refractivity contribution in [3.05, 3.63) is 0 Å². The normalized spacial score (nSPS) is 28.3. The summed E-state index contributed by atoms with van der Waals surface area (Å²) >= 11 is 0. The van der Waals surface area contributed by atoms with Crippen LogP contribution in [0.4, 0.5) is 13.2 Å². The first kappa shape index (κ1) is 24.1. The predicted octanol–water partition coefficient (Wildman–Crippen LogP) is -0.635. The topological polar surface area (TPSA) is 152 Å². The quantitative estimate of drug-likeness (QED) is 0.244. The maximum absolute atomic E-state index is 12.6. The van der Waals surface area contributed by atoms with Gasteiger partial charge in [-0.1, -0.05) is 0 Å². The molecule has 0 aromatic rings. The van der Waals surface area contributed by atoms with E-state index in [1.165, 1.54) is 0 Å². The fourth-order valence-corrected chi connectivity index (χ4v) is 2.80. The van der Waals surface area contributed by atoms with Gasteiger partial charge in [-0.25, -0.2) is 0 Å². The molecule has 15 heteroatoms. The van der Waals surface area contributed by atoms with Crippen LogP contribution in [0, 0.1) is 0 Å². The summed E-state index contributed by atoms with van der Waals surface area (Å²) in [6.07, 6.45) is -10.1. The number of ether oxygens (including phenoxy) is 4. The van der Waals surface area contributed by atoms with Crippen LogP contribution >= 0.6 is 0 Å². The Hall–Kier alpha value is -1.97. The lowest BCUT2D eigenvalue weighted by atomic mass is 9.98. The molecule has 0 radical (unpaired) electrons. The number of carbonyl (C=O) groups is 3. The summed E-state index contributed by atoms with van der Waals surface area (Å²) < 4.78 is 83.5. The van der Waals surface area contributed by atoms with Gasteiger partial charge in [-0.15, -0.1) is 0 Å². The number of hydrogen-bond acceptors (Lipinski definition) is 11. The van der Waals surface area contributed by atoms with Crippen LogP contribution < -0.4 is 0 Å². The lowest BCUT2D eigenvalue weighted by Gasteiger charge is -2.42. The third kappa shape index (κ3) is 6.29. The Morgan fingerprint density at radius 2 is 1.46 bits per heavy atom. The zero-order valence-electron chi connectivity index (χ0n) is 14.7. The minimum absolute atomic E-state index is 0.666. The average molecular weight is 438 g/mol. The summed E-state index contributed by atoms with van der Waals surface area (Å²) in [6.45, 7) is 2.05. The standard InChI is InChI=1S/C13H17F3O11S/c1-5(17)23-4-8-9(24-6(2)18)10(25-7(3)19)11(12(20)26-8)27-28(21,22)13(14,15)16/h8-12,20H,4H2,1-3H3. The van der Waals surface area contributed by atoms with E-state index in [2.05, 4.69) is 8.92 Å². The fraction of sp³-hybridized carbons (Fsp3) is 0.769. The highest BCUT2D eigenvalue weighted by molar-refractivity contribution is 7.87.